The first-order valence-electron chi connectivity index (χ1n) is 5.28. The van der Waals surface area contributed by atoms with E-state index in [1.54, 1.807) is 6.08 Å². The van der Waals surface area contributed by atoms with Gasteiger partial charge in [0.15, 0.2) is 0 Å². The van der Waals surface area contributed by atoms with E-state index in [9.17, 15) is 9.32 Å². The van der Waals surface area contributed by atoms with Crippen LogP contribution in [0.2, 0.25) is 0 Å². The largest absolute Gasteiger partial charge is 0.375 e. The summed E-state index contributed by atoms with van der Waals surface area (Å²) in [5, 5.41) is 0. The van der Waals surface area contributed by atoms with E-state index < -0.39 is 5.97 Å². The van der Waals surface area contributed by atoms with Crippen LogP contribution in [-0.2, 0) is 9.74 Å². The van der Waals surface area contributed by atoms with Gasteiger partial charge >= 0.3 is 5.97 Å². The lowest BCUT2D eigenvalue weighted by Crippen LogP contribution is -2.01. The normalized spacial score (nSPS) is 11.5. The van der Waals surface area contributed by atoms with E-state index in [2.05, 4.69) is 11.9 Å². The maximum atomic E-state index is 11.6. The quantitative estimate of drug-likeness (QED) is 0.464. The Morgan fingerprint density at radius 1 is 1.29 bits per heavy atom. The van der Waals surface area contributed by atoms with Crippen LogP contribution < -0.4 is 0 Å². The predicted octanol–water partition coefficient (Wildman–Crippen LogP) is 3.72. The number of carbonyl (C=O) groups excluding carboxylic acids is 1. The van der Waals surface area contributed by atoms with Crippen molar-refractivity contribution < 1.29 is 14.3 Å². The standard InChI is InChI=1S/C11H19FO2/c1-3-5-6-7-8-9-10(4-2)11(13)14-12/h9H,3-8H2,1-2H3. The van der Waals surface area contributed by atoms with Crippen LogP contribution in [-0.4, -0.2) is 5.97 Å². The topological polar surface area (TPSA) is 26.3 Å². The third kappa shape index (κ3) is 5.73. The molecule has 0 aromatic carbocycles. The fourth-order valence-corrected chi connectivity index (χ4v) is 1.27. The fourth-order valence-electron chi connectivity index (χ4n) is 1.27. The van der Waals surface area contributed by atoms with E-state index >= 15 is 0 Å². The maximum Gasteiger partial charge on any atom is 0.375 e. The summed E-state index contributed by atoms with van der Waals surface area (Å²) in [6.07, 6.45) is 7.75. The molecule has 0 bridgehead atoms. The first kappa shape index (κ1) is 13.1. The van der Waals surface area contributed by atoms with Crippen molar-refractivity contribution in [2.24, 2.45) is 0 Å². The van der Waals surface area contributed by atoms with E-state index in [1.807, 2.05) is 6.92 Å². The first-order valence-corrected chi connectivity index (χ1v) is 5.28. The highest BCUT2D eigenvalue weighted by atomic mass is 19.3. The number of carbonyl (C=O) groups is 1. The molecule has 0 atom stereocenters. The van der Waals surface area contributed by atoms with Crippen LogP contribution in [0.5, 0.6) is 0 Å². The minimum absolute atomic E-state index is 0.434. The molecule has 0 aliphatic heterocycles. The molecule has 0 heterocycles. The predicted molar refractivity (Wildman–Crippen MR) is 54.3 cm³/mol. The Bertz CT molecular complexity index is 188. The second-order valence-corrected chi connectivity index (χ2v) is 3.30. The number of allylic oxidation sites excluding steroid dienone is 1. The average molecular weight is 202 g/mol. The summed E-state index contributed by atoms with van der Waals surface area (Å²) in [6.45, 7) is 3.96. The van der Waals surface area contributed by atoms with Gasteiger partial charge in [-0.15, -0.1) is 0 Å². The second kappa shape index (κ2) is 8.73. The molecule has 0 N–H and O–H groups in total. The Kier molecular flexibility index (Phi) is 8.19. The van der Waals surface area contributed by atoms with E-state index in [1.165, 1.54) is 12.8 Å². The number of rotatable bonds is 7. The summed E-state index contributed by atoms with van der Waals surface area (Å²) in [5.74, 6) is -0.844. The van der Waals surface area contributed by atoms with Gasteiger partial charge in [0, 0.05) is 10.1 Å². The Hall–Kier alpha value is -0.860. The van der Waals surface area contributed by atoms with Gasteiger partial charge in [0.1, 0.15) is 0 Å². The molecule has 0 aromatic heterocycles. The molecular weight excluding hydrogens is 183 g/mol. The van der Waals surface area contributed by atoms with Gasteiger partial charge in [0.25, 0.3) is 0 Å². The second-order valence-electron chi connectivity index (χ2n) is 3.30. The van der Waals surface area contributed by atoms with Crippen molar-refractivity contribution in [2.45, 2.75) is 52.4 Å². The van der Waals surface area contributed by atoms with Crippen LogP contribution in [0.25, 0.3) is 0 Å². The molecular formula is C11H19FO2. The minimum Gasteiger partial charge on any atom is -0.250 e. The van der Waals surface area contributed by atoms with Crippen molar-refractivity contribution in [1.29, 1.82) is 0 Å². The van der Waals surface area contributed by atoms with Gasteiger partial charge in [0.2, 0.25) is 0 Å². The van der Waals surface area contributed by atoms with Gasteiger partial charge in [-0.1, -0.05) is 39.2 Å². The van der Waals surface area contributed by atoms with Crippen LogP contribution in [0, 0.1) is 0 Å². The zero-order valence-corrected chi connectivity index (χ0v) is 9.01. The third-order valence-electron chi connectivity index (χ3n) is 2.16. The smallest absolute Gasteiger partial charge is 0.250 e. The van der Waals surface area contributed by atoms with Crippen LogP contribution in [0.3, 0.4) is 0 Å². The van der Waals surface area contributed by atoms with Gasteiger partial charge in [-0.25, -0.2) is 9.74 Å². The molecule has 0 fully saturated rings. The summed E-state index contributed by atoms with van der Waals surface area (Å²) < 4.78 is 11.6. The Labute approximate surface area is 85.0 Å². The summed E-state index contributed by atoms with van der Waals surface area (Å²) in [6, 6.07) is 0. The molecule has 0 unspecified atom stereocenters. The summed E-state index contributed by atoms with van der Waals surface area (Å²) >= 11 is 0. The number of hydrogen-bond donors (Lipinski definition) is 0. The lowest BCUT2D eigenvalue weighted by molar-refractivity contribution is -0.178. The van der Waals surface area contributed by atoms with Crippen molar-refractivity contribution >= 4 is 5.97 Å². The van der Waals surface area contributed by atoms with Crippen LogP contribution >= 0.6 is 0 Å². The van der Waals surface area contributed by atoms with Crippen molar-refractivity contribution in [2.75, 3.05) is 0 Å². The highest BCUT2D eigenvalue weighted by Gasteiger charge is 2.08. The van der Waals surface area contributed by atoms with Gasteiger partial charge in [-0.2, -0.15) is 0 Å². The van der Waals surface area contributed by atoms with Crippen molar-refractivity contribution in [3.63, 3.8) is 0 Å². The zero-order chi connectivity index (χ0) is 10.8. The zero-order valence-electron chi connectivity index (χ0n) is 9.01. The molecule has 2 nitrogen and oxygen atoms in total. The third-order valence-corrected chi connectivity index (χ3v) is 2.16. The van der Waals surface area contributed by atoms with Gasteiger partial charge in [-0.3, -0.25) is 0 Å². The molecule has 14 heavy (non-hydrogen) atoms. The summed E-state index contributed by atoms with van der Waals surface area (Å²) in [7, 11) is 0. The van der Waals surface area contributed by atoms with Gasteiger partial charge in [-0.05, 0) is 19.3 Å². The minimum atomic E-state index is -0.844. The Morgan fingerprint density at radius 2 is 2.00 bits per heavy atom. The molecule has 0 rings (SSSR count). The highest BCUT2D eigenvalue weighted by Crippen LogP contribution is 2.09. The van der Waals surface area contributed by atoms with E-state index in [0.717, 1.165) is 19.3 Å². The Balaban J connectivity index is 3.76. The molecule has 0 saturated heterocycles. The molecule has 0 spiro atoms. The molecule has 0 aliphatic rings. The molecule has 82 valence electrons. The van der Waals surface area contributed by atoms with Crippen molar-refractivity contribution in [3.8, 4) is 0 Å². The molecule has 3 heteroatoms. The average Bonchev–Trinajstić information content (AvgIpc) is 2.22. The lowest BCUT2D eigenvalue weighted by Gasteiger charge is -1.99. The highest BCUT2D eigenvalue weighted by molar-refractivity contribution is 5.87. The van der Waals surface area contributed by atoms with E-state index in [4.69, 9.17) is 0 Å². The van der Waals surface area contributed by atoms with Gasteiger partial charge < -0.3 is 0 Å². The molecule has 0 aliphatic carbocycles. The van der Waals surface area contributed by atoms with Crippen molar-refractivity contribution in [1.82, 2.24) is 0 Å². The molecule has 0 aromatic rings. The first-order chi connectivity index (χ1) is 6.76. The van der Waals surface area contributed by atoms with Crippen LogP contribution in [0.4, 0.5) is 4.53 Å². The van der Waals surface area contributed by atoms with Crippen LogP contribution in [0.15, 0.2) is 11.6 Å². The van der Waals surface area contributed by atoms with Crippen LogP contribution in [0.1, 0.15) is 52.4 Å². The summed E-state index contributed by atoms with van der Waals surface area (Å²) in [4.78, 5) is 14.0. The molecule has 0 radical (unpaired) electrons. The molecule has 0 amide bonds. The number of halogens is 1. The molecule has 0 saturated carbocycles. The number of unbranched alkanes of at least 4 members (excludes halogenated alkanes) is 4. The number of hydrogen-bond acceptors (Lipinski definition) is 2. The lowest BCUT2D eigenvalue weighted by atomic mass is 10.1. The summed E-state index contributed by atoms with van der Waals surface area (Å²) in [5.41, 5.74) is 0.434. The van der Waals surface area contributed by atoms with Crippen molar-refractivity contribution in [3.05, 3.63) is 11.6 Å². The maximum absolute atomic E-state index is 11.6. The monoisotopic (exact) mass is 202 g/mol. The SMILES string of the molecule is CCCCCCC=C(CC)C(=O)OF. The van der Waals surface area contributed by atoms with Gasteiger partial charge in [0.05, 0.1) is 0 Å². The van der Waals surface area contributed by atoms with E-state index in [-0.39, 0.29) is 0 Å². The Morgan fingerprint density at radius 3 is 2.50 bits per heavy atom. The van der Waals surface area contributed by atoms with E-state index in [0.29, 0.717) is 12.0 Å². The fraction of sp³-hybridized carbons (Fsp3) is 0.727.